The summed E-state index contributed by atoms with van der Waals surface area (Å²) in [5.41, 5.74) is -0.222. The summed E-state index contributed by atoms with van der Waals surface area (Å²) >= 11 is 0. The van der Waals surface area contributed by atoms with E-state index in [1.54, 1.807) is 0 Å². The zero-order chi connectivity index (χ0) is 15.5. The summed E-state index contributed by atoms with van der Waals surface area (Å²) in [6, 6.07) is 4.59. The lowest BCUT2D eigenvalue weighted by Gasteiger charge is -2.29. The number of hydrogen-bond acceptors (Lipinski definition) is 4. The van der Waals surface area contributed by atoms with E-state index in [-0.39, 0.29) is 18.0 Å². The van der Waals surface area contributed by atoms with Gasteiger partial charge >= 0.3 is 6.36 Å². The molecule has 2 rings (SSSR count). The molecular weight excluding hydrogens is 325 g/mol. The van der Waals surface area contributed by atoms with Crippen molar-refractivity contribution in [1.82, 2.24) is 10.6 Å². The third-order valence-corrected chi connectivity index (χ3v) is 3.12. The highest BCUT2D eigenvalue weighted by Crippen LogP contribution is 2.26. The molecule has 3 N–H and O–H groups in total. The van der Waals surface area contributed by atoms with Crippen LogP contribution in [0.3, 0.4) is 0 Å². The number of alkyl halides is 3. The number of para-hydroxylation sites is 1. The molecule has 9 heteroatoms. The minimum atomic E-state index is -4.87. The SMILES string of the molecule is Cl.O=C(N[C@H]1CCNC[C@@H]1O)c1ccccc1OC(F)(F)F. The third kappa shape index (κ3) is 5.04. The van der Waals surface area contributed by atoms with Gasteiger partial charge in [-0.1, -0.05) is 12.1 Å². The first-order valence-electron chi connectivity index (χ1n) is 6.41. The zero-order valence-corrected chi connectivity index (χ0v) is 12.2. The number of ether oxygens (including phenoxy) is 1. The zero-order valence-electron chi connectivity index (χ0n) is 11.4. The van der Waals surface area contributed by atoms with E-state index in [4.69, 9.17) is 0 Å². The van der Waals surface area contributed by atoms with Crippen molar-refractivity contribution in [2.45, 2.75) is 24.9 Å². The highest BCUT2D eigenvalue weighted by molar-refractivity contribution is 5.97. The number of carbonyl (C=O) groups is 1. The van der Waals surface area contributed by atoms with Gasteiger partial charge in [0.15, 0.2) is 0 Å². The van der Waals surface area contributed by atoms with Crippen molar-refractivity contribution in [3.05, 3.63) is 29.8 Å². The average molecular weight is 341 g/mol. The summed E-state index contributed by atoms with van der Waals surface area (Å²) in [6.45, 7) is 0.939. The van der Waals surface area contributed by atoms with E-state index in [1.807, 2.05) is 0 Å². The largest absolute Gasteiger partial charge is 0.573 e. The molecule has 1 aromatic rings. The van der Waals surface area contributed by atoms with Crippen LogP contribution in [0.5, 0.6) is 5.75 Å². The van der Waals surface area contributed by atoms with Gasteiger partial charge in [-0.05, 0) is 25.1 Å². The van der Waals surface area contributed by atoms with Gasteiger partial charge in [-0.2, -0.15) is 0 Å². The Balaban J connectivity index is 0.00000242. The number of rotatable bonds is 3. The van der Waals surface area contributed by atoms with Crippen LogP contribution in [0, 0.1) is 0 Å². The van der Waals surface area contributed by atoms with Gasteiger partial charge in [0.05, 0.1) is 17.7 Å². The maximum absolute atomic E-state index is 12.3. The van der Waals surface area contributed by atoms with Gasteiger partial charge in [-0.3, -0.25) is 4.79 Å². The van der Waals surface area contributed by atoms with Crippen LogP contribution in [0.15, 0.2) is 24.3 Å². The predicted molar refractivity (Wildman–Crippen MR) is 75.1 cm³/mol. The van der Waals surface area contributed by atoms with Crippen LogP contribution in [0.25, 0.3) is 0 Å². The molecule has 1 aliphatic rings. The first-order valence-corrected chi connectivity index (χ1v) is 6.41. The molecule has 1 fully saturated rings. The van der Waals surface area contributed by atoms with Crippen molar-refractivity contribution in [2.24, 2.45) is 0 Å². The lowest BCUT2D eigenvalue weighted by Crippen LogP contribution is -2.52. The summed E-state index contributed by atoms with van der Waals surface area (Å²) in [6.07, 6.45) is -5.15. The number of benzene rings is 1. The summed E-state index contributed by atoms with van der Waals surface area (Å²) in [7, 11) is 0. The molecule has 0 bridgehead atoms. The lowest BCUT2D eigenvalue weighted by molar-refractivity contribution is -0.274. The Morgan fingerprint density at radius 1 is 1.36 bits per heavy atom. The second-order valence-electron chi connectivity index (χ2n) is 4.68. The molecule has 1 amide bonds. The molecule has 1 heterocycles. The second kappa shape index (κ2) is 7.66. The van der Waals surface area contributed by atoms with Crippen LogP contribution in [-0.2, 0) is 0 Å². The monoisotopic (exact) mass is 340 g/mol. The van der Waals surface area contributed by atoms with Crippen molar-refractivity contribution in [3.8, 4) is 5.75 Å². The van der Waals surface area contributed by atoms with Crippen LogP contribution < -0.4 is 15.4 Å². The van der Waals surface area contributed by atoms with Crippen molar-refractivity contribution in [2.75, 3.05) is 13.1 Å². The molecule has 1 aromatic carbocycles. The number of hydrogen-bond donors (Lipinski definition) is 3. The fourth-order valence-electron chi connectivity index (χ4n) is 2.12. The molecule has 1 aliphatic heterocycles. The van der Waals surface area contributed by atoms with E-state index in [0.717, 1.165) is 6.07 Å². The number of aliphatic hydroxyl groups is 1. The molecule has 0 unspecified atom stereocenters. The average Bonchev–Trinajstić information content (AvgIpc) is 2.40. The highest BCUT2D eigenvalue weighted by atomic mass is 35.5. The number of halogens is 4. The minimum absolute atomic E-state index is 0. The number of piperidine rings is 1. The van der Waals surface area contributed by atoms with E-state index in [2.05, 4.69) is 15.4 Å². The molecule has 22 heavy (non-hydrogen) atoms. The van der Waals surface area contributed by atoms with Crippen LogP contribution in [0.1, 0.15) is 16.8 Å². The van der Waals surface area contributed by atoms with Gasteiger partial charge in [0, 0.05) is 6.54 Å². The van der Waals surface area contributed by atoms with Crippen LogP contribution in [0.4, 0.5) is 13.2 Å². The maximum atomic E-state index is 12.3. The van der Waals surface area contributed by atoms with Gasteiger partial charge in [0.1, 0.15) is 5.75 Å². The van der Waals surface area contributed by atoms with E-state index in [0.29, 0.717) is 19.5 Å². The van der Waals surface area contributed by atoms with Crippen molar-refractivity contribution in [1.29, 1.82) is 0 Å². The minimum Gasteiger partial charge on any atom is -0.405 e. The molecule has 1 saturated heterocycles. The molecule has 124 valence electrons. The van der Waals surface area contributed by atoms with E-state index >= 15 is 0 Å². The first kappa shape index (κ1) is 18.5. The fraction of sp³-hybridized carbons (Fsp3) is 0.462. The number of carbonyl (C=O) groups excluding carboxylic acids is 1. The Morgan fingerprint density at radius 3 is 2.68 bits per heavy atom. The molecule has 2 atom stereocenters. The van der Waals surface area contributed by atoms with E-state index in [1.165, 1.54) is 18.2 Å². The number of amides is 1. The Hall–Kier alpha value is -1.51. The summed E-state index contributed by atoms with van der Waals surface area (Å²) < 4.78 is 40.7. The highest BCUT2D eigenvalue weighted by Gasteiger charge is 2.33. The third-order valence-electron chi connectivity index (χ3n) is 3.12. The van der Waals surface area contributed by atoms with Crippen molar-refractivity contribution >= 4 is 18.3 Å². The molecule has 0 radical (unpaired) electrons. The molecule has 0 aromatic heterocycles. The Kier molecular flexibility index (Phi) is 6.46. The van der Waals surface area contributed by atoms with Gasteiger partial charge < -0.3 is 20.5 Å². The van der Waals surface area contributed by atoms with Gasteiger partial charge in [-0.15, -0.1) is 25.6 Å². The molecule has 0 aliphatic carbocycles. The van der Waals surface area contributed by atoms with Gasteiger partial charge in [-0.25, -0.2) is 0 Å². The first-order chi connectivity index (χ1) is 9.87. The lowest BCUT2D eigenvalue weighted by atomic mass is 10.0. The normalized spacial score (nSPS) is 21.6. The Bertz CT molecular complexity index is 514. The van der Waals surface area contributed by atoms with E-state index in [9.17, 15) is 23.1 Å². The van der Waals surface area contributed by atoms with Crippen molar-refractivity contribution < 1.29 is 27.8 Å². The Morgan fingerprint density at radius 2 is 2.05 bits per heavy atom. The smallest absolute Gasteiger partial charge is 0.405 e. The van der Waals surface area contributed by atoms with Crippen LogP contribution in [-0.4, -0.2) is 42.6 Å². The molecule has 0 saturated carbocycles. The van der Waals surface area contributed by atoms with Crippen LogP contribution >= 0.6 is 12.4 Å². The van der Waals surface area contributed by atoms with Gasteiger partial charge in [0.2, 0.25) is 0 Å². The van der Waals surface area contributed by atoms with Crippen LogP contribution in [0.2, 0.25) is 0 Å². The standard InChI is InChI=1S/C13H15F3N2O3.ClH/c14-13(15,16)21-11-4-2-1-3-8(11)12(20)18-9-5-6-17-7-10(9)19;/h1-4,9-10,17,19H,5-7H2,(H,18,20);1H/t9-,10-;/m0./s1. The molecule has 5 nitrogen and oxygen atoms in total. The summed E-state index contributed by atoms with van der Waals surface area (Å²) in [5, 5.41) is 15.2. The fourth-order valence-corrected chi connectivity index (χ4v) is 2.12. The second-order valence-corrected chi connectivity index (χ2v) is 4.68. The number of aliphatic hydroxyl groups excluding tert-OH is 1. The Labute approximate surface area is 131 Å². The van der Waals surface area contributed by atoms with Gasteiger partial charge in [0.25, 0.3) is 5.91 Å². The molecule has 0 spiro atoms. The quantitative estimate of drug-likeness (QED) is 0.779. The van der Waals surface area contributed by atoms with Crippen molar-refractivity contribution in [3.63, 3.8) is 0 Å². The maximum Gasteiger partial charge on any atom is 0.573 e. The van der Waals surface area contributed by atoms with E-state index < -0.39 is 30.2 Å². The topological polar surface area (TPSA) is 70.6 Å². The summed E-state index contributed by atoms with van der Waals surface area (Å²) in [5.74, 6) is -1.27. The predicted octanol–water partition coefficient (Wildman–Crippen LogP) is 1.46. The number of nitrogens with one attached hydrogen (secondary N) is 2. The molecular formula is C13H16ClF3N2O3. The number of β-amino-alcohol motifs (C(OH)–C–C–N with tert-alkyl or cyclic N) is 1. The summed E-state index contributed by atoms with van der Waals surface area (Å²) in [4.78, 5) is 12.1.